The van der Waals surface area contributed by atoms with Crippen molar-refractivity contribution in [2.75, 3.05) is 13.7 Å². The molecule has 2 N–H and O–H groups in total. The molecule has 0 aliphatic heterocycles. The van der Waals surface area contributed by atoms with Crippen LogP contribution in [0.1, 0.15) is 18.1 Å². The third-order valence-corrected chi connectivity index (χ3v) is 3.53. The number of nitrogens with zero attached hydrogens (tertiary/aromatic N) is 1. The molecule has 0 fully saturated rings. The minimum Gasteiger partial charge on any atom is -0.508 e. The number of hydrogen-bond donors (Lipinski definition) is 2. The number of methoxy groups -OCH3 is 1. The van der Waals surface area contributed by atoms with E-state index in [1.165, 1.54) is 25.5 Å². The standard InChI is InChI=1S/C18H19ClN2O4/c1-3-25-18-15(19)8-13(9-16(18)24-2)11-20-21-17(23)10-12-4-6-14(22)7-5-12/h4-9,11,22H,3,10H2,1-2H3,(H,21,23)/b20-11-. The van der Waals surface area contributed by atoms with Crippen LogP contribution in [0, 0.1) is 0 Å². The van der Waals surface area contributed by atoms with Crippen molar-refractivity contribution < 1.29 is 19.4 Å². The van der Waals surface area contributed by atoms with Gasteiger partial charge in [-0.05, 0) is 42.3 Å². The molecular weight excluding hydrogens is 344 g/mol. The van der Waals surface area contributed by atoms with Crippen LogP contribution in [0.25, 0.3) is 0 Å². The Hall–Kier alpha value is -2.73. The van der Waals surface area contributed by atoms with E-state index in [2.05, 4.69) is 10.5 Å². The highest BCUT2D eigenvalue weighted by Crippen LogP contribution is 2.35. The number of benzene rings is 2. The molecule has 1 amide bonds. The van der Waals surface area contributed by atoms with Gasteiger partial charge in [0.05, 0.1) is 31.4 Å². The summed E-state index contributed by atoms with van der Waals surface area (Å²) in [6.07, 6.45) is 1.63. The van der Waals surface area contributed by atoms with Crippen molar-refractivity contribution in [1.29, 1.82) is 0 Å². The van der Waals surface area contributed by atoms with Crippen LogP contribution in [0.15, 0.2) is 41.5 Å². The van der Waals surface area contributed by atoms with Gasteiger partial charge in [0.15, 0.2) is 11.5 Å². The number of carbonyl (C=O) groups is 1. The van der Waals surface area contributed by atoms with E-state index in [0.717, 1.165) is 5.56 Å². The van der Waals surface area contributed by atoms with Gasteiger partial charge in [-0.15, -0.1) is 0 Å². The SMILES string of the molecule is CCOc1c(Cl)cc(/C=N\NC(=O)Cc2ccc(O)cc2)cc1OC. The lowest BCUT2D eigenvalue weighted by molar-refractivity contribution is -0.120. The van der Waals surface area contributed by atoms with E-state index in [1.807, 2.05) is 6.92 Å². The largest absolute Gasteiger partial charge is 0.508 e. The summed E-state index contributed by atoms with van der Waals surface area (Å²) in [5, 5.41) is 13.5. The predicted octanol–water partition coefficient (Wildman–Crippen LogP) is 3.15. The molecule has 2 rings (SSSR count). The first-order valence-electron chi connectivity index (χ1n) is 7.63. The van der Waals surface area contributed by atoms with Gasteiger partial charge in [-0.25, -0.2) is 5.43 Å². The number of rotatable bonds is 7. The Morgan fingerprint density at radius 2 is 2.04 bits per heavy atom. The first-order valence-corrected chi connectivity index (χ1v) is 8.01. The summed E-state index contributed by atoms with van der Waals surface area (Å²) in [6.45, 7) is 2.33. The summed E-state index contributed by atoms with van der Waals surface area (Å²) >= 11 is 6.18. The highest BCUT2D eigenvalue weighted by atomic mass is 35.5. The van der Waals surface area contributed by atoms with Crippen molar-refractivity contribution in [2.45, 2.75) is 13.3 Å². The number of hydrogen-bond acceptors (Lipinski definition) is 5. The second kappa shape index (κ2) is 8.94. The highest BCUT2D eigenvalue weighted by molar-refractivity contribution is 6.32. The van der Waals surface area contributed by atoms with Crippen LogP contribution < -0.4 is 14.9 Å². The molecule has 0 atom stereocenters. The summed E-state index contributed by atoms with van der Waals surface area (Å²) in [7, 11) is 1.52. The Morgan fingerprint density at radius 1 is 1.32 bits per heavy atom. The lowest BCUT2D eigenvalue weighted by Crippen LogP contribution is -2.19. The smallest absolute Gasteiger partial charge is 0.244 e. The number of aromatic hydroxyl groups is 1. The normalized spacial score (nSPS) is 10.7. The fourth-order valence-electron chi connectivity index (χ4n) is 2.12. The van der Waals surface area contributed by atoms with E-state index >= 15 is 0 Å². The van der Waals surface area contributed by atoms with Gasteiger partial charge >= 0.3 is 0 Å². The third kappa shape index (κ3) is 5.39. The monoisotopic (exact) mass is 362 g/mol. The van der Waals surface area contributed by atoms with Gasteiger partial charge in [-0.1, -0.05) is 23.7 Å². The molecule has 0 unspecified atom stereocenters. The van der Waals surface area contributed by atoms with E-state index in [0.29, 0.717) is 28.7 Å². The van der Waals surface area contributed by atoms with Crippen LogP contribution in [-0.2, 0) is 11.2 Å². The minimum absolute atomic E-state index is 0.156. The Bertz CT molecular complexity index is 760. The van der Waals surface area contributed by atoms with Crippen molar-refractivity contribution in [3.63, 3.8) is 0 Å². The molecule has 2 aromatic carbocycles. The van der Waals surface area contributed by atoms with Crippen molar-refractivity contribution in [2.24, 2.45) is 5.10 Å². The number of phenols is 1. The first-order chi connectivity index (χ1) is 12.0. The van der Waals surface area contributed by atoms with E-state index in [1.54, 1.807) is 24.3 Å². The quantitative estimate of drug-likeness (QED) is 0.585. The van der Waals surface area contributed by atoms with Crippen LogP contribution >= 0.6 is 11.6 Å². The molecule has 0 bridgehead atoms. The average Bonchev–Trinajstić information content (AvgIpc) is 2.59. The maximum absolute atomic E-state index is 11.9. The predicted molar refractivity (Wildman–Crippen MR) is 96.7 cm³/mol. The number of carbonyl (C=O) groups excluding carboxylic acids is 1. The molecule has 7 heteroatoms. The molecule has 2 aromatic rings. The molecule has 132 valence electrons. The number of nitrogens with one attached hydrogen (secondary N) is 1. The highest BCUT2D eigenvalue weighted by Gasteiger charge is 2.11. The summed E-state index contributed by atoms with van der Waals surface area (Å²) in [5.74, 6) is 0.848. The van der Waals surface area contributed by atoms with E-state index in [9.17, 15) is 9.90 Å². The number of phenolic OH excluding ortho intramolecular Hbond substituents is 1. The molecule has 0 saturated carbocycles. The van der Waals surface area contributed by atoms with Gasteiger partial charge in [-0.3, -0.25) is 4.79 Å². The topological polar surface area (TPSA) is 80.2 Å². The zero-order chi connectivity index (χ0) is 18.2. The molecule has 6 nitrogen and oxygen atoms in total. The average molecular weight is 363 g/mol. The van der Waals surface area contributed by atoms with E-state index in [-0.39, 0.29) is 18.1 Å². The van der Waals surface area contributed by atoms with Gasteiger partial charge in [-0.2, -0.15) is 5.10 Å². The van der Waals surface area contributed by atoms with E-state index < -0.39 is 0 Å². The number of halogens is 1. The van der Waals surface area contributed by atoms with Crippen molar-refractivity contribution >= 4 is 23.7 Å². The molecule has 0 saturated heterocycles. The molecule has 0 spiro atoms. The molecule has 0 radical (unpaired) electrons. The lowest BCUT2D eigenvalue weighted by Gasteiger charge is -2.11. The van der Waals surface area contributed by atoms with Crippen molar-refractivity contribution in [3.8, 4) is 17.2 Å². The number of amides is 1. The second-order valence-electron chi connectivity index (χ2n) is 5.10. The van der Waals surface area contributed by atoms with E-state index in [4.69, 9.17) is 21.1 Å². The summed E-state index contributed by atoms with van der Waals surface area (Å²) in [5.41, 5.74) is 3.88. The van der Waals surface area contributed by atoms with Crippen LogP contribution in [0.3, 0.4) is 0 Å². The van der Waals surface area contributed by atoms with Crippen LogP contribution in [0.5, 0.6) is 17.2 Å². The Kier molecular flexibility index (Phi) is 6.65. The van der Waals surface area contributed by atoms with Crippen LogP contribution in [0.2, 0.25) is 5.02 Å². The van der Waals surface area contributed by atoms with Crippen molar-refractivity contribution in [3.05, 3.63) is 52.5 Å². The van der Waals surface area contributed by atoms with Crippen molar-refractivity contribution in [1.82, 2.24) is 5.43 Å². The van der Waals surface area contributed by atoms with Crippen LogP contribution in [-0.4, -0.2) is 30.9 Å². The van der Waals surface area contributed by atoms with Gasteiger partial charge in [0, 0.05) is 0 Å². The summed E-state index contributed by atoms with van der Waals surface area (Å²) in [6, 6.07) is 9.79. The fourth-order valence-corrected chi connectivity index (χ4v) is 2.39. The molecule has 0 heterocycles. The second-order valence-corrected chi connectivity index (χ2v) is 5.51. The van der Waals surface area contributed by atoms with Crippen LogP contribution in [0.4, 0.5) is 0 Å². The third-order valence-electron chi connectivity index (χ3n) is 3.24. The molecular formula is C18H19ClN2O4. The number of hydrazone groups is 1. The Morgan fingerprint density at radius 3 is 2.68 bits per heavy atom. The molecule has 25 heavy (non-hydrogen) atoms. The molecule has 0 aliphatic rings. The van der Waals surface area contributed by atoms with Gasteiger partial charge in [0.2, 0.25) is 5.91 Å². The Labute approximate surface area is 151 Å². The number of ether oxygens (including phenoxy) is 2. The van der Waals surface area contributed by atoms with Gasteiger partial charge in [0.1, 0.15) is 5.75 Å². The molecule has 0 aliphatic carbocycles. The maximum atomic E-state index is 11.9. The Balaban J connectivity index is 2.00. The zero-order valence-corrected chi connectivity index (χ0v) is 14.7. The maximum Gasteiger partial charge on any atom is 0.244 e. The fraction of sp³-hybridized carbons (Fsp3) is 0.222. The lowest BCUT2D eigenvalue weighted by atomic mass is 10.1. The first kappa shape index (κ1) is 18.6. The summed E-state index contributed by atoms with van der Waals surface area (Å²) in [4.78, 5) is 11.9. The minimum atomic E-state index is -0.272. The summed E-state index contributed by atoms with van der Waals surface area (Å²) < 4.78 is 10.7. The van der Waals surface area contributed by atoms with Gasteiger partial charge in [0.25, 0.3) is 0 Å². The van der Waals surface area contributed by atoms with Gasteiger partial charge < -0.3 is 14.6 Å². The molecule has 0 aromatic heterocycles. The zero-order valence-electron chi connectivity index (χ0n) is 14.0.